The van der Waals surface area contributed by atoms with E-state index < -0.39 is 0 Å². The molecule has 0 heterocycles. The topological polar surface area (TPSA) is 18.5 Å². The van der Waals surface area contributed by atoms with Crippen molar-refractivity contribution in [3.05, 3.63) is 67.3 Å². The molecule has 0 spiro atoms. The third-order valence-corrected chi connectivity index (χ3v) is 2.11. The van der Waals surface area contributed by atoms with Gasteiger partial charge in [0, 0.05) is 0 Å². The monoisotopic (exact) mass is 225 g/mol. The Balaban J connectivity index is 2.01. The molecule has 0 aliphatic rings. The van der Waals surface area contributed by atoms with E-state index in [1.165, 1.54) is 0 Å². The smallest absolute Gasteiger partial charge is 0.127 e. The third-order valence-electron chi connectivity index (χ3n) is 2.11. The SMILES string of the molecule is C=CCOc1ccc(Oc2cc[c]cc2)cc1. The van der Waals surface area contributed by atoms with Gasteiger partial charge < -0.3 is 9.47 Å². The number of rotatable bonds is 5. The number of hydrogen-bond acceptors (Lipinski definition) is 2. The van der Waals surface area contributed by atoms with Crippen LogP contribution < -0.4 is 9.47 Å². The molecule has 0 bridgehead atoms. The molecule has 0 atom stereocenters. The van der Waals surface area contributed by atoms with Crippen LogP contribution >= 0.6 is 0 Å². The van der Waals surface area contributed by atoms with Crippen molar-refractivity contribution >= 4 is 0 Å². The summed E-state index contributed by atoms with van der Waals surface area (Å²) in [5.41, 5.74) is 0. The second-order valence-electron chi connectivity index (χ2n) is 3.41. The molecule has 2 aromatic carbocycles. The van der Waals surface area contributed by atoms with Gasteiger partial charge in [0.15, 0.2) is 0 Å². The summed E-state index contributed by atoms with van der Waals surface area (Å²) >= 11 is 0. The van der Waals surface area contributed by atoms with E-state index in [1.807, 2.05) is 48.5 Å². The van der Waals surface area contributed by atoms with Gasteiger partial charge in [-0.3, -0.25) is 0 Å². The molecule has 0 N–H and O–H groups in total. The van der Waals surface area contributed by atoms with Crippen molar-refractivity contribution in [1.82, 2.24) is 0 Å². The Morgan fingerprint density at radius 1 is 0.941 bits per heavy atom. The van der Waals surface area contributed by atoms with Gasteiger partial charge in [-0.15, -0.1) is 0 Å². The number of ether oxygens (including phenoxy) is 2. The quantitative estimate of drug-likeness (QED) is 0.720. The van der Waals surface area contributed by atoms with Crippen LogP contribution in [0.3, 0.4) is 0 Å². The summed E-state index contributed by atoms with van der Waals surface area (Å²) in [6.45, 7) is 4.11. The molecule has 0 saturated heterocycles. The molecule has 0 aliphatic heterocycles. The summed E-state index contributed by atoms with van der Waals surface area (Å²) in [4.78, 5) is 0. The fraction of sp³-hybridized carbons (Fsp3) is 0.0667. The highest BCUT2D eigenvalue weighted by Gasteiger charge is 1.97. The zero-order chi connectivity index (χ0) is 11.9. The van der Waals surface area contributed by atoms with Crippen LogP contribution in [0, 0.1) is 6.07 Å². The van der Waals surface area contributed by atoms with Gasteiger partial charge in [0.05, 0.1) is 0 Å². The molecular weight excluding hydrogens is 212 g/mol. The first-order chi connectivity index (χ1) is 8.38. The summed E-state index contributed by atoms with van der Waals surface area (Å²) in [5.74, 6) is 2.38. The van der Waals surface area contributed by atoms with Crippen molar-refractivity contribution in [2.24, 2.45) is 0 Å². The highest BCUT2D eigenvalue weighted by atomic mass is 16.5. The standard InChI is InChI=1S/C15H13O2/c1-2-12-16-13-8-10-15(11-9-13)17-14-6-4-3-5-7-14/h2,4-11H,1,12H2. The Morgan fingerprint density at radius 2 is 1.53 bits per heavy atom. The van der Waals surface area contributed by atoms with E-state index in [0.29, 0.717) is 6.61 Å². The summed E-state index contributed by atoms with van der Waals surface area (Å²) in [6, 6.07) is 17.8. The van der Waals surface area contributed by atoms with Crippen LogP contribution in [0.15, 0.2) is 61.2 Å². The van der Waals surface area contributed by atoms with Crippen molar-refractivity contribution < 1.29 is 9.47 Å². The Labute approximate surface area is 101 Å². The van der Waals surface area contributed by atoms with E-state index in [4.69, 9.17) is 9.47 Å². The maximum Gasteiger partial charge on any atom is 0.127 e. The van der Waals surface area contributed by atoms with Crippen molar-refractivity contribution in [2.45, 2.75) is 0 Å². The third kappa shape index (κ3) is 3.38. The highest BCUT2D eigenvalue weighted by Crippen LogP contribution is 2.23. The van der Waals surface area contributed by atoms with Crippen LogP contribution in [0.2, 0.25) is 0 Å². The lowest BCUT2D eigenvalue weighted by Crippen LogP contribution is -1.92. The molecule has 85 valence electrons. The first-order valence-corrected chi connectivity index (χ1v) is 5.36. The zero-order valence-corrected chi connectivity index (χ0v) is 9.43. The second kappa shape index (κ2) is 5.75. The molecule has 2 nitrogen and oxygen atoms in total. The fourth-order valence-electron chi connectivity index (χ4n) is 1.33. The minimum Gasteiger partial charge on any atom is -0.490 e. The molecule has 2 heteroatoms. The predicted molar refractivity (Wildman–Crippen MR) is 67.5 cm³/mol. The Hall–Kier alpha value is -2.22. The summed E-state index contributed by atoms with van der Waals surface area (Å²) in [7, 11) is 0. The largest absolute Gasteiger partial charge is 0.490 e. The van der Waals surface area contributed by atoms with E-state index in [9.17, 15) is 0 Å². The first-order valence-electron chi connectivity index (χ1n) is 5.36. The lowest BCUT2D eigenvalue weighted by Gasteiger charge is -2.07. The molecule has 2 rings (SSSR count). The molecule has 0 amide bonds. The lowest BCUT2D eigenvalue weighted by atomic mass is 10.3. The van der Waals surface area contributed by atoms with Crippen molar-refractivity contribution in [2.75, 3.05) is 6.61 Å². The van der Waals surface area contributed by atoms with Gasteiger partial charge in [0.25, 0.3) is 0 Å². The second-order valence-corrected chi connectivity index (χ2v) is 3.41. The predicted octanol–water partition coefficient (Wildman–Crippen LogP) is 3.84. The Bertz CT molecular complexity index is 460. The van der Waals surface area contributed by atoms with Gasteiger partial charge in [-0.25, -0.2) is 0 Å². The molecule has 0 saturated carbocycles. The minimum absolute atomic E-state index is 0.509. The number of benzene rings is 2. The van der Waals surface area contributed by atoms with Crippen molar-refractivity contribution in [1.29, 1.82) is 0 Å². The average Bonchev–Trinajstić information content (AvgIpc) is 2.39. The first kappa shape index (κ1) is 11.3. The van der Waals surface area contributed by atoms with Crippen LogP contribution in [-0.2, 0) is 0 Å². The van der Waals surface area contributed by atoms with E-state index in [1.54, 1.807) is 6.08 Å². The average molecular weight is 225 g/mol. The van der Waals surface area contributed by atoms with E-state index in [0.717, 1.165) is 17.2 Å². The molecule has 2 aromatic rings. The molecule has 17 heavy (non-hydrogen) atoms. The van der Waals surface area contributed by atoms with Crippen LogP contribution in [0.4, 0.5) is 0 Å². The van der Waals surface area contributed by atoms with Gasteiger partial charge in [-0.05, 0) is 42.5 Å². The molecule has 0 aliphatic carbocycles. The van der Waals surface area contributed by atoms with Crippen LogP contribution in [0.1, 0.15) is 0 Å². The van der Waals surface area contributed by atoms with E-state index >= 15 is 0 Å². The van der Waals surface area contributed by atoms with Crippen molar-refractivity contribution in [3.8, 4) is 17.2 Å². The maximum absolute atomic E-state index is 5.64. The minimum atomic E-state index is 0.509. The van der Waals surface area contributed by atoms with Gasteiger partial charge >= 0.3 is 0 Å². The fourth-order valence-corrected chi connectivity index (χ4v) is 1.33. The lowest BCUT2D eigenvalue weighted by molar-refractivity contribution is 0.362. The highest BCUT2D eigenvalue weighted by molar-refractivity contribution is 5.35. The van der Waals surface area contributed by atoms with Gasteiger partial charge in [-0.1, -0.05) is 24.8 Å². The van der Waals surface area contributed by atoms with Crippen LogP contribution in [0.5, 0.6) is 17.2 Å². The maximum atomic E-state index is 5.64. The zero-order valence-electron chi connectivity index (χ0n) is 9.43. The van der Waals surface area contributed by atoms with Crippen LogP contribution in [-0.4, -0.2) is 6.61 Å². The van der Waals surface area contributed by atoms with Gasteiger partial charge in [-0.2, -0.15) is 0 Å². The Kier molecular flexibility index (Phi) is 3.81. The summed E-state index contributed by atoms with van der Waals surface area (Å²) < 4.78 is 11.0. The molecular formula is C15H13O2. The van der Waals surface area contributed by atoms with Crippen molar-refractivity contribution in [3.63, 3.8) is 0 Å². The summed E-state index contributed by atoms with van der Waals surface area (Å²) in [6.07, 6.45) is 1.71. The molecule has 0 aromatic heterocycles. The number of hydrogen-bond donors (Lipinski definition) is 0. The van der Waals surface area contributed by atoms with Gasteiger partial charge in [0.1, 0.15) is 23.9 Å². The summed E-state index contributed by atoms with van der Waals surface area (Å²) in [5, 5.41) is 0. The molecule has 0 unspecified atom stereocenters. The molecule has 1 radical (unpaired) electrons. The Morgan fingerprint density at radius 3 is 2.18 bits per heavy atom. The van der Waals surface area contributed by atoms with E-state index in [2.05, 4.69) is 12.6 Å². The van der Waals surface area contributed by atoms with E-state index in [-0.39, 0.29) is 0 Å². The van der Waals surface area contributed by atoms with Crippen LogP contribution in [0.25, 0.3) is 0 Å². The molecule has 0 fully saturated rings. The normalized spacial score (nSPS) is 9.65. The van der Waals surface area contributed by atoms with Gasteiger partial charge in [0.2, 0.25) is 0 Å².